The van der Waals surface area contributed by atoms with Crippen LogP contribution in [0.3, 0.4) is 0 Å². The van der Waals surface area contributed by atoms with E-state index < -0.39 is 0 Å². The standard InChI is InChI=1S/C18H14Cl3N3O/c19-14-3-1-13(2-4-14)11-25-23-18(10-24-8-7-22-12-24)16-6-5-15(20)9-17(16)21/h1-9,12H,10-11H2. The summed E-state index contributed by atoms with van der Waals surface area (Å²) in [6.45, 7) is 0.803. The van der Waals surface area contributed by atoms with E-state index in [1.807, 2.05) is 41.1 Å². The lowest BCUT2D eigenvalue weighted by Crippen LogP contribution is -2.12. The maximum absolute atomic E-state index is 6.32. The lowest BCUT2D eigenvalue weighted by molar-refractivity contribution is 0.130. The Kier molecular flexibility index (Phi) is 5.97. The summed E-state index contributed by atoms with van der Waals surface area (Å²) in [5, 5.41) is 6.05. The van der Waals surface area contributed by atoms with Crippen LogP contribution in [0, 0.1) is 0 Å². The predicted molar refractivity (Wildman–Crippen MR) is 101 cm³/mol. The van der Waals surface area contributed by atoms with Crippen LogP contribution in [0.4, 0.5) is 0 Å². The Morgan fingerprint density at radius 1 is 1.04 bits per heavy atom. The van der Waals surface area contributed by atoms with Gasteiger partial charge in [-0.15, -0.1) is 0 Å². The van der Waals surface area contributed by atoms with Crippen molar-refractivity contribution in [2.75, 3.05) is 0 Å². The second-order valence-electron chi connectivity index (χ2n) is 5.30. The van der Waals surface area contributed by atoms with E-state index in [-0.39, 0.29) is 0 Å². The fourth-order valence-corrected chi connectivity index (χ4v) is 2.85. The quantitative estimate of drug-likeness (QED) is 0.411. The number of hydrogen-bond donors (Lipinski definition) is 0. The van der Waals surface area contributed by atoms with Crippen molar-refractivity contribution >= 4 is 40.5 Å². The molecule has 0 bridgehead atoms. The molecule has 25 heavy (non-hydrogen) atoms. The maximum atomic E-state index is 6.32. The topological polar surface area (TPSA) is 39.4 Å². The van der Waals surface area contributed by atoms with Gasteiger partial charge in [-0.2, -0.15) is 0 Å². The molecule has 1 aromatic heterocycles. The van der Waals surface area contributed by atoms with E-state index in [0.29, 0.717) is 33.9 Å². The lowest BCUT2D eigenvalue weighted by Gasteiger charge is -2.10. The molecule has 1 heterocycles. The van der Waals surface area contributed by atoms with Crippen LogP contribution in [0.15, 0.2) is 66.3 Å². The van der Waals surface area contributed by atoms with Gasteiger partial charge < -0.3 is 9.40 Å². The third kappa shape index (κ3) is 4.98. The first-order chi connectivity index (χ1) is 12.1. The van der Waals surface area contributed by atoms with Crippen molar-refractivity contribution in [2.45, 2.75) is 13.2 Å². The number of aromatic nitrogens is 2. The number of halogens is 3. The van der Waals surface area contributed by atoms with Crippen molar-refractivity contribution in [2.24, 2.45) is 5.16 Å². The third-order valence-electron chi connectivity index (χ3n) is 3.45. The van der Waals surface area contributed by atoms with Gasteiger partial charge in [0.2, 0.25) is 0 Å². The molecule has 2 aromatic carbocycles. The molecule has 0 amide bonds. The van der Waals surface area contributed by atoms with E-state index in [0.717, 1.165) is 11.1 Å². The lowest BCUT2D eigenvalue weighted by atomic mass is 10.1. The van der Waals surface area contributed by atoms with Gasteiger partial charge in [-0.25, -0.2) is 4.98 Å². The average molecular weight is 395 g/mol. The minimum Gasteiger partial charge on any atom is -0.391 e. The zero-order chi connectivity index (χ0) is 17.6. The van der Waals surface area contributed by atoms with Crippen LogP contribution < -0.4 is 0 Å². The molecule has 0 N–H and O–H groups in total. The number of oxime groups is 1. The van der Waals surface area contributed by atoms with E-state index in [1.165, 1.54) is 0 Å². The smallest absolute Gasteiger partial charge is 0.142 e. The van der Waals surface area contributed by atoms with Crippen molar-refractivity contribution in [3.8, 4) is 0 Å². The minimum atomic E-state index is 0.329. The number of benzene rings is 2. The SMILES string of the molecule is Clc1ccc(CON=C(Cn2ccnc2)c2ccc(Cl)cc2Cl)cc1. The molecule has 0 unspecified atom stereocenters. The van der Waals surface area contributed by atoms with Crippen LogP contribution in [-0.4, -0.2) is 15.3 Å². The molecule has 0 saturated heterocycles. The number of nitrogens with zero attached hydrogens (tertiary/aromatic N) is 3. The zero-order valence-corrected chi connectivity index (χ0v) is 15.3. The van der Waals surface area contributed by atoms with Gasteiger partial charge in [0, 0.05) is 28.0 Å². The molecule has 128 valence electrons. The molecule has 0 aliphatic carbocycles. The molecule has 0 aliphatic heterocycles. The fraction of sp³-hybridized carbons (Fsp3) is 0.111. The highest BCUT2D eigenvalue weighted by molar-refractivity contribution is 6.37. The highest BCUT2D eigenvalue weighted by atomic mass is 35.5. The van der Waals surface area contributed by atoms with Crippen LogP contribution in [0.2, 0.25) is 15.1 Å². The molecule has 0 aliphatic rings. The molecule has 7 heteroatoms. The van der Waals surface area contributed by atoms with Crippen molar-refractivity contribution in [3.63, 3.8) is 0 Å². The van der Waals surface area contributed by atoms with Gasteiger partial charge in [0.1, 0.15) is 12.3 Å². The molecular weight excluding hydrogens is 381 g/mol. The molecule has 0 radical (unpaired) electrons. The molecule has 0 spiro atoms. The van der Waals surface area contributed by atoms with Crippen molar-refractivity contribution in [3.05, 3.63) is 87.4 Å². The van der Waals surface area contributed by atoms with Crippen LogP contribution >= 0.6 is 34.8 Å². The summed E-state index contributed by atoms with van der Waals surface area (Å²) < 4.78 is 1.88. The molecule has 4 nitrogen and oxygen atoms in total. The van der Waals surface area contributed by atoms with E-state index in [1.54, 1.807) is 24.7 Å². The first kappa shape index (κ1) is 17.8. The Hall–Kier alpha value is -2.01. The van der Waals surface area contributed by atoms with Gasteiger partial charge in [-0.3, -0.25) is 0 Å². The monoisotopic (exact) mass is 393 g/mol. The van der Waals surface area contributed by atoms with E-state index in [9.17, 15) is 0 Å². The summed E-state index contributed by atoms with van der Waals surface area (Å²) in [6, 6.07) is 12.7. The summed E-state index contributed by atoms with van der Waals surface area (Å²) in [4.78, 5) is 9.57. The molecular formula is C18H14Cl3N3O. The molecule has 0 atom stereocenters. The normalized spacial score (nSPS) is 11.6. The summed E-state index contributed by atoms with van der Waals surface area (Å²) in [7, 11) is 0. The average Bonchev–Trinajstić information content (AvgIpc) is 3.09. The summed E-state index contributed by atoms with van der Waals surface area (Å²) >= 11 is 18.2. The molecule has 0 saturated carbocycles. The Labute approximate surface area is 160 Å². The Morgan fingerprint density at radius 2 is 1.80 bits per heavy atom. The maximum Gasteiger partial charge on any atom is 0.142 e. The van der Waals surface area contributed by atoms with Gasteiger partial charge in [-0.05, 0) is 35.9 Å². The van der Waals surface area contributed by atoms with Gasteiger partial charge in [-0.1, -0.05) is 52.1 Å². The van der Waals surface area contributed by atoms with E-state index in [2.05, 4.69) is 10.1 Å². The first-order valence-electron chi connectivity index (χ1n) is 7.46. The van der Waals surface area contributed by atoms with Gasteiger partial charge in [0.25, 0.3) is 0 Å². The summed E-state index contributed by atoms with van der Waals surface area (Å²) in [6.07, 6.45) is 5.26. The van der Waals surface area contributed by atoms with Gasteiger partial charge >= 0.3 is 0 Å². The van der Waals surface area contributed by atoms with Crippen molar-refractivity contribution in [1.29, 1.82) is 0 Å². The van der Waals surface area contributed by atoms with Crippen LogP contribution in [0.5, 0.6) is 0 Å². The van der Waals surface area contributed by atoms with Crippen LogP contribution in [-0.2, 0) is 18.0 Å². The van der Waals surface area contributed by atoms with Crippen molar-refractivity contribution in [1.82, 2.24) is 9.55 Å². The highest BCUT2D eigenvalue weighted by Gasteiger charge is 2.11. The highest BCUT2D eigenvalue weighted by Crippen LogP contribution is 2.22. The van der Waals surface area contributed by atoms with Gasteiger partial charge in [0.15, 0.2) is 0 Å². The Balaban J connectivity index is 1.81. The van der Waals surface area contributed by atoms with Crippen LogP contribution in [0.1, 0.15) is 11.1 Å². The number of imidazole rings is 1. The molecule has 3 aromatic rings. The second-order valence-corrected chi connectivity index (χ2v) is 6.58. The van der Waals surface area contributed by atoms with E-state index >= 15 is 0 Å². The van der Waals surface area contributed by atoms with E-state index in [4.69, 9.17) is 39.6 Å². The second kappa shape index (κ2) is 8.39. The summed E-state index contributed by atoms with van der Waals surface area (Å²) in [5.74, 6) is 0. The molecule has 3 rings (SSSR count). The zero-order valence-electron chi connectivity index (χ0n) is 13.1. The molecule has 0 fully saturated rings. The Morgan fingerprint density at radius 3 is 2.48 bits per heavy atom. The third-order valence-corrected chi connectivity index (χ3v) is 4.25. The number of rotatable bonds is 6. The summed E-state index contributed by atoms with van der Waals surface area (Å²) in [5.41, 5.74) is 2.40. The first-order valence-corrected chi connectivity index (χ1v) is 8.59. The predicted octanol–water partition coefficient (Wildman–Crippen LogP) is 5.46. The Bertz CT molecular complexity index is 862. The number of hydrogen-bond acceptors (Lipinski definition) is 3. The van der Waals surface area contributed by atoms with Crippen LogP contribution in [0.25, 0.3) is 0 Å². The largest absolute Gasteiger partial charge is 0.391 e. The van der Waals surface area contributed by atoms with Crippen molar-refractivity contribution < 1.29 is 4.84 Å². The minimum absolute atomic E-state index is 0.329. The fourth-order valence-electron chi connectivity index (χ4n) is 2.21. The van der Waals surface area contributed by atoms with Gasteiger partial charge in [0.05, 0.1) is 17.9 Å².